The molecular weight excluding hydrogens is 250 g/mol. The molecule has 0 aliphatic heterocycles. The van der Waals surface area contributed by atoms with E-state index in [1.807, 2.05) is 0 Å². The molecule has 0 amide bonds. The van der Waals surface area contributed by atoms with E-state index in [1.54, 1.807) is 11.3 Å². The van der Waals surface area contributed by atoms with Crippen molar-refractivity contribution < 1.29 is 0 Å². The van der Waals surface area contributed by atoms with E-state index in [4.69, 9.17) is 5.73 Å². The van der Waals surface area contributed by atoms with Gasteiger partial charge in [-0.25, -0.2) is 0 Å². The summed E-state index contributed by atoms with van der Waals surface area (Å²) in [5, 5.41) is 9.03. The van der Waals surface area contributed by atoms with Crippen LogP contribution in [0.3, 0.4) is 0 Å². The Morgan fingerprint density at radius 2 is 2.38 bits per heavy atom. The summed E-state index contributed by atoms with van der Waals surface area (Å²) in [6.07, 6.45) is 5.24. The van der Waals surface area contributed by atoms with Crippen molar-refractivity contribution in [3.05, 3.63) is 15.0 Å². The molecule has 2 N–H and O–H groups in total. The molecule has 0 saturated heterocycles. The summed E-state index contributed by atoms with van der Waals surface area (Å²) >= 11 is 4.88. The second kappa shape index (κ2) is 3.86. The molecule has 1 heterocycles. The van der Waals surface area contributed by atoms with Gasteiger partial charge < -0.3 is 5.73 Å². The fraction of sp³-hybridized carbons (Fsp3) is 0.500. The van der Waals surface area contributed by atoms with Crippen molar-refractivity contribution in [1.29, 1.82) is 0 Å². The van der Waals surface area contributed by atoms with Gasteiger partial charge in [0.1, 0.15) is 5.01 Å². The second-order valence-electron chi connectivity index (χ2n) is 3.12. The Bertz CT molecular complexity index is 334. The normalized spacial score (nSPS) is 22.9. The number of halogens is 1. The highest BCUT2D eigenvalue weighted by Gasteiger charge is 2.14. The third-order valence-electron chi connectivity index (χ3n) is 2.13. The van der Waals surface area contributed by atoms with Crippen molar-refractivity contribution in [2.75, 3.05) is 0 Å². The van der Waals surface area contributed by atoms with Gasteiger partial charge in [0, 0.05) is 6.04 Å². The van der Waals surface area contributed by atoms with Crippen molar-refractivity contribution in [1.82, 2.24) is 10.2 Å². The lowest BCUT2D eigenvalue weighted by Crippen LogP contribution is -2.21. The van der Waals surface area contributed by atoms with E-state index in [0.29, 0.717) is 6.04 Å². The minimum absolute atomic E-state index is 0.333. The molecule has 0 fully saturated rings. The van der Waals surface area contributed by atoms with Gasteiger partial charge in [0.15, 0.2) is 3.92 Å². The Morgan fingerprint density at radius 1 is 1.54 bits per heavy atom. The zero-order chi connectivity index (χ0) is 9.26. The van der Waals surface area contributed by atoms with Crippen molar-refractivity contribution >= 4 is 32.8 Å². The molecule has 2 rings (SSSR count). The smallest absolute Gasteiger partial charge is 0.183 e. The molecule has 1 aliphatic rings. The van der Waals surface area contributed by atoms with Crippen molar-refractivity contribution in [3.8, 4) is 0 Å². The van der Waals surface area contributed by atoms with Gasteiger partial charge in [-0.15, -0.1) is 10.2 Å². The van der Waals surface area contributed by atoms with Crippen molar-refractivity contribution in [2.24, 2.45) is 5.73 Å². The maximum atomic E-state index is 5.79. The molecule has 1 aliphatic carbocycles. The Hall–Kier alpha value is -0.260. The molecule has 0 aromatic carbocycles. The Labute approximate surface area is 89.2 Å². The van der Waals surface area contributed by atoms with E-state index in [2.05, 4.69) is 32.2 Å². The lowest BCUT2D eigenvalue weighted by molar-refractivity contribution is 0.614. The Balaban J connectivity index is 2.18. The molecule has 3 nitrogen and oxygen atoms in total. The van der Waals surface area contributed by atoms with E-state index < -0.39 is 0 Å². The lowest BCUT2D eigenvalue weighted by atomic mass is 9.96. The predicted octanol–water partition coefficient (Wildman–Crippen LogP) is 2.20. The highest BCUT2D eigenvalue weighted by Crippen LogP contribution is 2.29. The summed E-state index contributed by atoms with van der Waals surface area (Å²) < 4.78 is 0.846. The summed E-state index contributed by atoms with van der Waals surface area (Å²) in [6, 6.07) is 0.333. The number of allylic oxidation sites excluding steroid dienone is 1. The van der Waals surface area contributed by atoms with Crippen LogP contribution >= 0.6 is 27.3 Å². The van der Waals surface area contributed by atoms with Crippen LogP contribution in [0.5, 0.6) is 0 Å². The number of nitrogens with zero attached hydrogens (tertiary/aromatic N) is 2. The van der Waals surface area contributed by atoms with E-state index in [0.717, 1.165) is 28.2 Å². The number of rotatable bonds is 1. The number of hydrogen-bond acceptors (Lipinski definition) is 4. The summed E-state index contributed by atoms with van der Waals surface area (Å²) in [6.45, 7) is 0. The Kier molecular flexibility index (Phi) is 2.76. The van der Waals surface area contributed by atoms with Gasteiger partial charge in [-0.05, 0) is 40.8 Å². The van der Waals surface area contributed by atoms with Crippen LogP contribution < -0.4 is 5.73 Å². The first-order valence-corrected chi connectivity index (χ1v) is 5.80. The first kappa shape index (κ1) is 9.30. The van der Waals surface area contributed by atoms with E-state index in [1.165, 1.54) is 5.57 Å². The summed E-state index contributed by atoms with van der Waals surface area (Å²) in [7, 11) is 0. The zero-order valence-electron chi connectivity index (χ0n) is 7.03. The zero-order valence-corrected chi connectivity index (χ0v) is 9.44. The summed E-state index contributed by atoms with van der Waals surface area (Å²) in [5.74, 6) is 0. The molecule has 0 radical (unpaired) electrons. The largest absolute Gasteiger partial charge is 0.327 e. The number of aromatic nitrogens is 2. The molecule has 0 spiro atoms. The van der Waals surface area contributed by atoms with Crippen LogP contribution in [0, 0.1) is 0 Å². The highest BCUT2D eigenvalue weighted by molar-refractivity contribution is 9.11. The molecule has 1 aromatic heterocycles. The van der Waals surface area contributed by atoms with Crippen LogP contribution in [0.15, 0.2) is 9.99 Å². The van der Waals surface area contributed by atoms with E-state index in [-0.39, 0.29) is 0 Å². The quantitative estimate of drug-likeness (QED) is 0.842. The minimum atomic E-state index is 0.333. The fourth-order valence-corrected chi connectivity index (χ4v) is 2.56. The van der Waals surface area contributed by atoms with Crippen molar-refractivity contribution in [2.45, 2.75) is 25.3 Å². The van der Waals surface area contributed by atoms with Crippen LogP contribution in [0.4, 0.5) is 0 Å². The Morgan fingerprint density at radius 3 is 2.92 bits per heavy atom. The first-order valence-electron chi connectivity index (χ1n) is 4.19. The third kappa shape index (κ3) is 2.15. The first-order chi connectivity index (χ1) is 6.25. The minimum Gasteiger partial charge on any atom is -0.327 e. The van der Waals surface area contributed by atoms with E-state index >= 15 is 0 Å². The predicted molar refractivity (Wildman–Crippen MR) is 57.4 cm³/mol. The number of nitrogens with two attached hydrogens (primary N) is 1. The molecule has 70 valence electrons. The van der Waals surface area contributed by atoms with Crippen LogP contribution in [0.25, 0.3) is 5.57 Å². The molecule has 5 heteroatoms. The number of hydrogen-bond donors (Lipinski definition) is 1. The van der Waals surface area contributed by atoms with Gasteiger partial charge in [-0.3, -0.25) is 0 Å². The third-order valence-corrected chi connectivity index (χ3v) is 3.56. The van der Waals surface area contributed by atoms with Gasteiger partial charge >= 0.3 is 0 Å². The van der Waals surface area contributed by atoms with Crippen LogP contribution in [0.2, 0.25) is 0 Å². The van der Waals surface area contributed by atoms with Crippen LogP contribution in [-0.4, -0.2) is 16.2 Å². The van der Waals surface area contributed by atoms with Crippen LogP contribution in [-0.2, 0) is 0 Å². The van der Waals surface area contributed by atoms with Gasteiger partial charge in [0.05, 0.1) is 0 Å². The second-order valence-corrected chi connectivity index (χ2v) is 5.38. The van der Waals surface area contributed by atoms with Crippen LogP contribution in [0.1, 0.15) is 24.3 Å². The van der Waals surface area contributed by atoms with Gasteiger partial charge in [0.2, 0.25) is 0 Å². The summed E-state index contributed by atoms with van der Waals surface area (Å²) in [4.78, 5) is 0. The van der Waals surface area contributed by atoms with Gasteiger partial charge in [0.25, 0.3) is 0 Å². The monoisotopic (exact) mass is 259 g/mol. The molecule has 13 heavy (non-hydrogen) atoms. The average molecular weight is 260 g/mol. The van der Waals surface area contributed by atoms with Crippen molar-refractivity contribution in [3.63, 3.8) is 0 Å². The molecule has 1 atom stereocenters. The maximum Gasteiger partial charge on any atom is 0.183 e. The standard InChI is InChI=1S/C8H10BrN3S/c9-8-12-11-7(13-8)5-1-3-6(10)4-2-5/h1,6H,2-4,10H2. The molecule has 0 saturated carbocycles. The van der Waals surface area contributed by atoms with Gasteiger partial charge in [-0.2, -0.15) is 0 Å². The topological polar surface area (TPSA) is 51.8 Å². The lowest BCUT2D eigenvalue weighted by Gasteiger charge is -2.15. The summed E-state index contributed by atoms with van der Waals surface area (Å²) in [5.41, 5.74) is 7.09. The SMILES string of the molecule is NC1CC=C(c2nnc(Br)s2)CC1. The fourth-order valence-electron chi connectivity index (χ4n) is 1.38. The maximum absolute atomic E-state index is 5.79. The molecule has 0 bridgehead atoms. The average Bonchev–Trinajstić information content (AvgIpc) is 2.53. The highest BCUT2D eigenvalue weighted by atomic mass is 79.9. The molecular formula is C8H10BrN3S. The molecule has 1 aromatic rings. The van der Waals surface area contributed by atoms with E-state index in [9.17, 15) is 0 Å². The van der Waals surface area contributed by atoms with Gasteiger partial charge in [-0.1, -0.05) is 17.4 Å². The molecule has 1 unspecified atom stereocenters.